The van der Waals surface area contributed by atoms with Crippen molar-refractivity contribution in [2.75, 3.05) is 0 Å². The minimum atomic E-state index is -4.43. The van der Waals surface area contributed by atoms with Gasteiger partial charge in [-0.2, -0.15) is 13.2 Å². The fraction of sp³-hybridized carbons (Fsp3) is 0.250. The van der Waals surface area contributed by atoms with Crippen LogP contribution in [0.1, 0.15) is 10.4 Å². The lowest BCUT2D eigenvalue weighted by atomic mass is 10.1. The van der Waals surface area contributed by atoms with Crippen molar-refractivity contribution >= 4 is 50.7 Å². The molecular formula is C8H3BrCl3F3. The minimum absolute atomic E-state index is 0.0322. The molecule has 0 saturated heterocycles. The summed E-state index contributed by atoms with van der Waals surface area (Å²) in [4.78, 5) is -1.85. The number of hydrogen-bond acceptors (Lipinski definition) is 0. The molecule has 0 aliphatic heterocycles. The zero-order chi connectivity index (χ0) is 11.8. The van der Waals surface area contributed by atoms with E-state index >= 15 is 0 Å². The third-order valence-corrected chi connectivity index (χ3v) is 3.66. The Morgan fingerprint density at radius 1 is 1.00 bits per heavy atom. The van der Waals surface area contributed by atoms with Crippen molar-refractivity contribution in [3.8, 4) is 0 Å². The monoisotopic (exact) mass is 340 g/mol. The van der Waals surface area contributed by atoms with Crippen LogP contribution in [-0.4, -0.2) is 6.18 Å². The van der Waals surface area contributed by atoms with Crippen molar-refractivity contribution in [2.24, 2.45) is 0 Å². The maximum atomic E-state index is 12.4. The van der Waals surface area contributed by atoms with Gasteiger partial charge in [-0.3, -0.25) is 0 Å². The first-order chi connectivity index (χ1) is 6.73. The summed E-state index contributed by atoms with van der Waals surface area (Å²) in [6, 6.07) is 2.28. The highest BCUT2D eigenvalue weighted by molar-refractivity contribution is 9.09. The second kappa shape index (κ2) is 4.70. The summed E-state index contributed by atoms with van der Waals surface area (Å²) in [5.74, 6) is 0. The van der Waals surface area contributed by atoms with Crippen LogP contribution in [0.4, 0.5) is 13.2 Å². The van der Waals surface area contributed by atoms with Crippen molar-refractivity contribution in [1.82, 2.24) is 0 Å². The Hall–Kier alpha value is 0.360. The highest BCUT2D eigenvalue weighted by Gasteiger charge is 2.40. The van der Waals surface area contributed by atoms with E-state index in [0.29, 0.717) is 0 Å². The first kappa shape index (κ1) is 13.4. The van der Waals surface area contributed by atoms with Gasteiger partial charge in [-0.1, -0.05) is 50.7 Å². The molecule has 0 bridgehead atoms. The standard InChI is InChI=1S/C8H3BrCl3F3/c9-7(8(13,14)15)3-1-5(11)6(12)2-4(3)10/h1-2,7H/t7-/m1/s1. The Morgan fingerprint density at radius 2 is 1.47 bits per heavy atom. The molecule has 1 rings (SSSR count). The largest absolute Gasteiger partial charge is 0.405 e. The Bertz CT molecular complexity index is 378. The number of rotatable bonds is 1. The predicted octanol–water partition coefficient (Wildman–Crippen LogP) is 5.65. The average Bonchev–Trinajstić information content (AvgIpc) is 2.08. The molecule has 0 saturated carbocycles. The van der Waals surface area contributed by atoms with E-state index in [2.05, 4.69) is 15.9 Å². The van der Waals surface area contributed by atoms with Crippen molar-refractivity contribution in [3.05, 3.63) is 32.8 Å². The van der Waals surface area contributed by atoms with Gasteiger partial charge in [0.2, 0.25) is 0 Å². The lowest BCUT2D eigenvalue weighted by Crippen LogP contribution is -2.15. The van der Waals surface area contributed by atoms with Gasteiger partial charge in [0.1, 0.15) is 4.83 Å². The van der Waals surface area contributed by atoms with E-state index in [4.69, 9.17) is 34.8 Å². The zero-order valence-electron chi connectivity index (χ0n) is 6.88. The molecule has 0 spiro atoms. The highest BCUT2D eigenvalue weighted by Crippen LogP contribution is 2.44. The average molecular weight is 342 g/mol. The number of alkyl halides is 4. The van der Waals surface area contributed by atoms with Gasteiger partial charge < -0.3 is 0 Å². The lowest BCUT2D eigenvalue weighted by Gasteiger charge is -2.16. The van der Waals surface area contributed by atoms with E-state index in [1.807, 2.05) is 0 Å². The van der Waals surface area contributed by atoms with Crippen LogP contribution >= 0.6 is 50.7 Å². The minimum Gasteiger partial charge on any atom is -0.169 e. The van der Waals surface area contributed by atoms with Gasteiger partial charge in [0.05, 0.1) is 10.0 Å². The van der Waals surface area contributed by atoms with E-state index in [1.54, 1.807) is 0 Å². The van der Waals surface area contributed by atoms with Crippen molar-refractivity contribution < 1.29 is 13.2 Å². The van der Waals surface area contributed by atoms with E-state index in [1.165, 1.54) is 6.07 Å². The molecule has 0 unspecified atom stereocenters. The summed E-state index contributed by atoms with van der Waals surface area (Å²) < 4.78 is 37.1. The van der Waals surface area contributed by atoms with Crippen LogP contribution < -0.4 is 0 Å². The van der Waals surface area contributed by atoms with Gasteiger partial charge in [0, 0.05) is 5.02 Å². The molecule has 0 aliphatic rings. The summed E-state index contributed by atoms with van der Waals surface area (Å²) in [5.41, 5.74) is -0.154. The first-order valence-electron chi connectivity index (χ1n) is 3.58. The van der Waals surface area contributed by atoms with Crippen LogP contribution in [0.25, 0.3) is 0 Å². The summed E-state index contributed by atoms with van der Waals surface area (Å²) in [6.45, 7) is 0. The molecule has 0 fully saturated rings. The summed E-state index contributed by atoms with van der Waals surface area (Å²) in [6.07, 6.45) is -4.43. The molecule has 0 radical (unpaired) electrons. The fourth-order valence-corrected chi connectivity index (χ4v) is 2.08. The van der Waals surface area contributed by atoms with Gasteiger partial charge >= 0.3 is 6.18 Å². The summed E-state index contributed by atoms with van der Waals surface area (Å²) in [7, 11) is 0. The second-order valence-corrected chi connectivity index (χ2v) is 4.83. The van der Waals surface area contributed by atoms with Gasteiger partial charge in [-0.15, -0.1) is 0 Å². The maximum absolute atomic E-state index is 12.4. The van der Waals surface area contributed by atoms with Crippen LogP contribution in [-0.2, 0) is 0 Å². The molecule has 0 aliphatic carbocycles. The highest BCUT2D eigenvalue weighted by atomic mass is 79.9. The Balaban J connectivity index is 3.21. The normalized spacial score (nSPS) is 14.1. The third kappa shape index (κ3) is 3.16. The molecule has 0 heterocycles. The molecule has 7 heteroatoms. The Kier molecular flexibility index (Phi) is 4.20. The van der Waals surface area contributed by atoms with E-state index in [9.17, 15) is 13.2 Å². The number of benzene rings is 1. The van der Waals surface area contributed by atoms with E-state index < -0.39 is 11.0 Å². The molecule has 84 valence electrons. The van der Waals surface area contributed by atoms with Crippen LogP contribution in [0.2, 0.25) is 15.1 Å². The molecule has 0 amide bonds. The van der Waals surface area contributed by atoms with Crippen LogP contribution in [0.5, 0.6) is 0 Å². The molecule has 0 N–H and O–H groups in total. The van der Waals surface area contributed by atoms with Gasteiger partial charge in [-0.05, 0) is 17.7 Å². The van der Waals surface area contributed by atoms with Gasteiger partial charge in [0.25, 0.3) is 0 Å². The molecule has 1 aromatic rings. The van der Waals surface area contributed by atoms with Gasteiger partial charge in [0.15, 0.2) is 0 Å². The quantitative estimate of drug-likeness (QED) is 0.457. The predicted molar refractivity (Wildman–Crippen MR) is 59.2 cm³/mol. The van der Waals surface area contributed by atoms with Crippen molar-refractivity contribution in [3.63, 3.8) is 0 Å². The molecule has 0 nitrogen and oxygen atoms in total. The smallest absolute Gasteiger partial charge is 0.169 e. The van der Waals surface area contributed by atoms with Crippen molar-refractivity contribution in [2.45, 2.75) is 11.0 Å². The second-order valence-electron chi connectivity index (χ2n) is 2.69. The third-order valence-electron chi connectivity index (χ3n) is 1.60. The number of hydrogen-bond donors (Lipinski definition) is 0. The lowest BCUT2D eigenvalue weighted by molar-refractivity contribution is -0.128. The molecule has 0 aromatic heterocycles. The van der Waals surface area contributed by atoms with Crippen LogP contribution in [0.3, 0.4) is 0 Å². The molecule has 1 atom stereocenters. The van der Waals surface area contributed by atoms with E-state index in [0.717, 1.165) is 6.07 Å². The molecule has 15 heavy (non-hydrogen) atoms. The topological polar surface area (TPSA) is 0 Å². The van der Waals surface area contributed by atoms with Gasteiger partial charge in [-0.25, -0.2) is 0 Å². The Labute approximate surface area is 107 Å². The Morgan fingerprint density at radius 3 is 1.93 bits per heavy atom. The fourth-order valence-electron chi connectivity index (χ4n) is 0.908. The SMILES string of the molecule is FC(F)(F)[C@H](Br)c1cc(Cl)c(Cl)cc1Cl. The van der Waals surface area contributed by atoms with E-state index in [-0.39, 0.29) is 20.6 Å². The van der Waals surface area contributed by atoms with Crippen LogP contribution in [0.15, 0.2) is 12.1 Å². The summed E-state index contributed by atoms with van der Waals surface area (Å²) in [5, 5.41) is 0.0701. The number of halogens is 7. The zero-order valence-corrected chi connectivity index (χ0v) is 10.7. The molecular weight excluding hydrogens is 339 g/mol. The first-order valence-corrected chi connectivity index (χ1v) is 5.63. The molecule has 1 aromatic carbocycles. The van der Waals surface area contributed by atoms with Crippen molar-refractivity contribution in [1.29, 1.82) is 0 Å². The summed E-state index contributed by atoms with van der Waals surface area (Å²) >= 11 is 19.3. The maximum Gasteiger partial charge on any atom is 0.405 e. The van der Waals surface area contributed by atoms with Crippen LogP contribution in [0, 0.1) is 0 Å².